The molecule has 0 bridgehead atoms. The molecule has 2 N–H and O–H groups in total. The summed E-state index contributed by atoms with van der Waals surface area (Å²) in [5.41, 5.74) is 1.22. The summed E-state index contributed by atoms with van der Waals surface area (Å²) >= 11 is 1.38. The molecule has 1 aliphatic heterocycles. The lowest BCUT2D eigenvalue weighted by Gasteiger charge is -2.22. The van der Waals surface area contributed by atoms with Crippen molar-refractivity contribution in [1.29, 1.82) is 0 Å². The fourth-order valence-electron chi connectivity index (χ4n) is 2.46. The molecule has 0 aromatic carbocycles. The number of amides is 1. The quantitative estimate of drug-likeness (QED) is 0.875. The lowest BCUT2D eigenvalue weighted by molar-refractivity contribution is 0.102. The van der Waals surface area contributed by atoms with Gasteiger partial charge in [-0.15, -0.1) is 11.3 Å². The first-order chi connectivity index (χ1) is 10.8. The first kappa shape index (κ1) is 15.1. The van der Waals surface area contributed by atoms with Gasteiger partial charge in [-0.25, -0.2) is 4.98 Å². The van der Waals surface area contributed by atoms with E-state index in [0.717, 1.165) is 31.6 Å². The third-order valence-corrected chi connectivity index (χ3v) is 4.36. The minimum Gasteiger partial charge on any atom is -0.378 e. The molecule has 1 atom stereocenters. The molecule has 0 radical (unpaired) electrons. The van der Waals surface area contributed by atoms with Gasteiger partial charge in [0.15, 0.2) is 10.8 Å². The first-order valence-electron chi connectivity index (χ1n) is 7.27. The smallest absolute Gasteiger partial charge is 0.277 e. The molecule has 3 rings (SSSR count). The number of carbonyl (C=O) groups excluding carboxylic acids is 1. The third kappa shape index (κ3) is 3.52. The molecule has 7 nitrogen and oxygen atoms in total. The predicted octanol–water partition coefficient (Wildman–Crippen LogP) is 1.66. The number of anilines is 1. The van der Waals surface area contributed by atoms with E-state index in [2.05, 4.69) is 20.7 Å². The summed E-state index contributed by atoms with van der Waals surface area (Å²) in [7, 11) is 1.62. The van der Waals surface area contributed by atoms with Crippen molar-refractivity contribution in [3.63, 3.8) is 0 Å². The predicted molar refractivity (Wildman–Crippen MR) is 84.1 cm³/mol. The largest absolute Gasteiger partial charge is 0.378 e. The molecule has 118 valence electrons. The summed E-state index contributed by atoms with van der Waals surface area (Å²) in [5, 5.41) is 12.9. The lowest BCUT2D eigenvalue weighted by Crippen LogP contribution is -2.32. The average Bonchev–Trinajstić information content (AvgIpc) is 3.18. The number of hydrogen-bond donors (Lipinski definition) is 2. The van der Waals surface area contributed by atoms with Gasteiger partial charge in [0.25, 0.3) is 5.91 Å². The maximum atomic E-state index is 12.2. The van der Waals surface area contributed by atoms with Gasteiger partial charge in [0.1, 0.15) is 0 Å². The van der Waals surface area contributed by atoms with Crippen LogP contribution in [0.1, 0.15) is 35.1 Å². The summed E-state index contributed by atoms with van der Waals surface area (Å²) in [6, 6.07) is 2.07. The molecular formula is C14H19N5O2S. The molecular weight excluding hydrogens is 302 g/mol. The van der Waals surface area contributed by atoms with Gasteiger partial charge < -0.3 is 10.1 Å². The van der Waals surface area contributed by atoms with Crippen LogP contribution in [0.15, 0.2) is 17.6 Å². The Labute approximate surface area is 132 Å². The molecule has 1 fully saturated rings. The van der Waals surface area contributed by atoms with E-state index in [9.17, 15) is 4.79 Å². The number of rotatable bonds is 5. The van der Waals surface area contributed by atoms with Crippen LogP contribution in [0.25, 0.3) is 0 Å². The van der Waals surface area contributed by atoms with Crippen molar-refractivity contribution in [3.8, 4) is 0 Å². The van der Waals surface area contributed by atoms with Gasteiger partial charge >= 0.3 is 0 Å². The minimum atomic E-state index is -0.235. The number of hydrogen-bond acceptors (Lipinski definition) is 6. The molecule has 22 heavy (non-hydrogen) atoms. The molecule has 1 amide bonds. The van der Waals surface area contributed by atoms with Crippen molar-refractivity contribution in [2.45, 2.75) is 25.5 Å². The Kier molecular flexibility index (Phi) is 4.81. The van der Waals surface area contributed by atoms with Crippen molar-refractivity contribution >= 4 is 22.4 Å². The third-order valence-electron chi connectivity index (χ3n) is 3.55. The van der Waals surface area contributed by atoms with E-state index in [0.29, 0.717) is 23.5 Å². The summed E-state index contributed by atoms with van der Waals surface area (Å²) < 4.78 is 6.89. The molecule has 0 spiro atoms. The second kappa shape index (κ2) is 6.99. The van der Waals surface area contributed by atoms with Crippen LogP contribution in [0.2, 0.25) is 0 Å². The Morgan fingerprint density at radius 1 is 1.64 bits per heavy atom. The van der Waals surface area contributed by atoms with Crippen molar-refractivity contribution < 1.29 is 9.53 Å². The van der Waals surface area contributed by atoms with E-state index in [-0.39, 0.29) is 5.91 Å². The Bertz CT molecular complexity index is 633. The van der Waals surface area contributed by atoms with E-state index in [4.69, 9.17) is 4.74 Å². The summed E-state index contributed by atoms with van der Waals surface area (Å²) in [5.74, 6) is -0.235. The molecule has 1 saturated heterocycles. The number of nitrogens with zero attached hydrogens (tertiary/aromatic N) is 3. The van der Waals surface area contributed by atoms with Crippen molar-refractivity contribution in [2.75, 3.05) is 25.5 Å². The standard InChI is InChI=1S/C14H19N5O2S/c1-21-8-10-9-22-14(16-10)17-13(20)12-4-6-19(18-12)11-3-2-5-15-7-11/h4,6,9,11,15H,2-3,5,7-8H2,1H3,(H,16,17,20). The first-order valence-corrected chi connectivity index (χ1v) is 8.15. The van der Waals surface area contributed by atoms with E-state index in [1.165, 1.54) is 11.3 Å². The number of nitrogens with one attached hydrogen (secondary N) is 2. The van der Waals surface area contributed by atoms with Crippen LogP contribution in [-0.4, -0.2) is 40.9 Å². The van der Waals surface area contributed by atoms with Crippen molar-refractivity contribution in [3.05, 3.63) is 29.0 Å². The molecule has 1 unspecified atom stereocenters. The second-order valence-corrected chi connectivity index (χ2v) is 6.07. The zero-order valence-electron chi connectivity index (χ0n) is 12.4. The van der Waals surface area contributed by atoms with E-state index < -0.39 is 0 Å². The second-order valence-electron chi connectivity index (χ2n) is 5.21. The number of piperidine rings is 1. The molecule has 2 aromatic rings. The van der Waals surface area contributed by atoms with E-state index in [1.54, 1.807) is 13.2 Å². The number of ether oxygens (including phenoxy) is 1. The van der Waals surface area contributed by atoms with Crippen LogP contribution in [0.4, 0.5) is 5.13 Å². The zero-order chi connectivity index (χ0) is 15.4. The molecule has 0 saturated carbocycles. The maximum absolute atomic E-state index is 12.2. The Balaban J connectivity index is 1.63. The fourth-order valence-corrected chi connectivity index (χ4v) is 3.15. The summed E-state index contributed by atoms with van der Waals surface area (Å²) in [6.45, 7) is 2.39. The highest BCUT2D eigenvalue weighted by atomic mass is 32.1. The van der Waals surface area contributed by atoms with Gasteiger partial charge in [-0.05, 0) is 25.5 Å². The van der Waals surface area contributed by atoms with Crippen LogP contribution < -0.4 is 10.6 Å². The van der Waals surface area contributed by atoms with Gasteiger partial charge in [0.2, 0.25) is 0 Å². The maximum Gasteiger partial charge on any atom is 0.277 e. The van der Waals surface area contributed by atoms with Crippen LogP contribution in [-0.2, 0) is 11.3 Å². The van der Waals surface area contributed by atoms with Crippen LogP contribution in [0.5, 0.6) is 0 Å². The summed E-state index contributed by atoms with van der Waals surface area (Å²) in [6.07, 6.45) is 4.08. The van der Waals surface area contributed by atoms with Gasteiger partial charge in [0.05, 0.1) is 18.3 Å². The van der Waals surface area contributed by atoms with Crippen LogP contribution in [0, 0.1) is 0 Å². The Morgan fingerprint density at radius 3 is 3.32 bits per heavy atom. The Hall–Kier alpha value is -1.77. The molecule has 8 heteroatoms. The van der Waals surface area contributed by atoms with Gasteiger partial charge in [-0.2, -0.15) is 5.10 Å². The van der Waals surface area contributed by atoms with Gasteiger partial charge in [-0.3, -0.25) is 14.8 Å². The highest BCUT2D eigenvalue weighted by Gasteiger charge is 2.18. The molecule has 2 aromatic heterocycles. The molecule has 3 heterocycles. The minimum absolute atomic E-state index is 0.235. The fraction of sp³-hybridized carbons (Fsp3) is 0.500. The van der Waals surface area contributed by atoms with E-state index in [1.807, 2.05) is 16.3 Å². The summed E-state index contributed by atoms with van der Waals surface area (Å²) in [4.78, 5) is 16.5. The van der Waals surface area contributed by atoms with Crippen molar-refractivity contribution in [1.82, 2.24) is 20.1 Å². The highest BCUT2D eigenvalue weighted by molar-refractivity contribution is 7.13. The number of aromatic nitrogens is 3. The van der Waals surface area contributed by atoms with Crippen molar-refractivity contribution in [2.24, 2.45) is 0 Å². The average molecular weight is 321 g/mol. The lowest BCUT2D eigenvalue weighted by atomic mass is 10.1. The van der Waals surface area contributed by atoms with Crippen LogP contribution in [0.3, 0.4) is 0 Å². The highest BCUT2D eigenvalue weighted by Crippen LogP contribution is 2.18. The molecule has 1 aliphatic rings. The number of thiazole rings is 1. The normalized spacial score (nSPS) is 18.3. The monoisotopic (exact) mass is 321 g/mol. The van der Waals surface area contributed by atoms with Crippen LogP contribution >= 0.6 is 11.3 Å². The number of methoxy groups -OCH3 is 1. The number of carbonyl (C=O) groups is 1. The SMILES string of the molecule is COCc1csc(NC(=O)c2ccn(C3CCCNC3)n2)n1. The van der Waals surface area contributed by atoms with E-state index >= 15 is 0 Å². The van der Waals surface area contributed by atoms with Gasteiger partial charge in [-0.1, -0.05) is 0 Å². The van der Waals surface area contributed by atoms with Gasteiger partial charge in [0, 0.05) is 25.2 Å². The Morgan fingerprint density at radius 2 is 2.55 bits per heavy atom. The molecule has 0 aliphatic carbocycles. The zero-order valence-corrected chi connectivity index (χ0v) is 13.2. The topological polar surface area (TPSA) is 81.1 Å².